The summed E-state index contributed by atoms with van der Waals surface area (Å²) in [5.41, 5.74) is 3.47. The number of nitrogens with zero attached hydrogens (tertiary/aromatic N) is 3. The highest BCUT2D eigenvalue weighted by atomic mass is 32.2. The van der Waals surface area contributed by atoms with E-state index in [-0.39, 0.29) is 17.8 Å². The number of aliphatic imine (C=N–C) groups is 1. The number of hydrogen-bond acceptors (Lipinski definition) is 5. The molecule has 0 radical (unpaired) electrons. The number of carbonyl (C=O) groups is 1. The van der Waals surface area contributed by atoms with E-state index >= 15 is 0 Å². The molecule has 0 aliphatic carbocycles. The van der Waals surface area contributed by atoms with Gasteiger partial charge in [0.1, 0.15) is 10.6 Å². The third-order valence-electron chi connectivity index (χ3n) is 6.83. The van der Waals surface area contributed by atoms with E-state index in [1.54, 1.807) is 11.8 Å². The Labute approximate surface area is 185 Å². The number of rotatable bonds is 2. The summed E-state index contributed by atoms with van der Waals surface area (Å²) in [7, 11) is 0. The molecule has 5 nitrogen and oxygen atoms in total. The molecule has 0 unspecified atom stereocenters. The average Bonchev–Trinajstić information content (AvgIpc) is 3.44. The summed E-state index contributed by atoms with van der Waals surface area (Å²) in [5, 5.41) is 6.03. The van der Waals surface area contributed by atoms with Crippen LogP contribution in [0.15, 0.2) is 70.7 Å². The molecule has 156 valence electrons. The molecule has 3 aliphatic heterocycles. The zero-order valence-electron chi connectivity index (χ0n) is 17.7. The van der Waals surface area contributed by atoms with Crippen molar-refractivity contribution in [1.29, 1.82) is 0 Å². The molecule has 1 spiro atoms. The highest BCUT2D eigenvalue weighted by molar-refractivity contribution is 7.99. The Morgan fingerprint density at radius 1 is 1.06 bits per heavy atom. The average molecular weight is 430 g/mol. The topological polar surface area (TPSA) is 56.5 Å². The van der Waals surface area contributed by atoms with Gasteiger partial charge >= 0.3 is 5.97 Å². The first kappa shape index (κ1) is 18.9. The minimum Gasteiger partial charge on any atom is -0.457 e. The molecule has 3 atom stereocenters. The van der Waals surface area contributed by atoms with Gasteiger partial charge in [-0.15, -0.1) is 11.8 Å². The van der Waals surface area contributed by atoms with Crippen molar-refractivity contribution < 1.29 is 9.53 Å². The van der Waals surface area contributed by atoms with E-state index in [0.717, 1.165) is 39.0 Å². The largest absolute Gasteiger partial charge is 0.457 e. The second-order valence-electron chi connectivity index (χ2n) is 9.03. The fourth-order valence-electron chi connectivity index (χ4n) is 5.24. The van der Waals surface area contributed by atoms with Crippen LogP contribution >= 0.6 is 11.8 Å². The van der Waals surface area contributed by atoms with Gasteiger partial charge in [0, 0.05) is 23.2 Å². The van der Waals surface area contributed by atoms with Crippen LogP contribution in [0.3, 0.4) is 0 Å². The van der Waals surface area contributed by atoms with Gasteiger partial charge in [-0.2, -0.15) is 5.10 Å². The number of aromatic nitrogens is 2. The van der Waals surface area contributed by atoms with Crippen LogP contribution in [0.4, 0.5) is 0 Å². The van der Waals surface area contributed by atoms with Crippen LogP contribution in [0.1, 0.15) is 36.6 Å². The molecule has 3 aromatic rings. The molecule has 0 saturated carbocycles. The number of ether oxygens (including phenoxy) is 1. The molecule has 0 amide bonds. The lowest BCUT2D eigenvalue weighted by Gasteiger charge is -2.48. The summed E-state index contributed by atoms with van der Waals surface area (Å²) in [5.74, 6) is 0.699. The molecule has 2 aromatic carbocycles. The molecule has 3 aliphatic rings. The minimum absolute atomic E-state index is 0.0762. The predicted molar refractivity (Wildman–Crippen MR) is 121 cm³/mol. The summed E-state index contributed by atoms with van der Waals surface area (Å²) in [4.78, 5) is 18.3. The number of esters is 1. The molecular weight excluding hydrogens is 406 g/mol. The highest BCUT2D eigenvalue weighted by Crippen LogP contribution is 2.61. The van der Waals surface area contributed by atoms with Crippen LogP contribution in [0.2, 0.25) is 0 Å². The quantitative estimate of drug-likeness (QED) is 0.560. The maximum Gasteiger partial charge on any atom is 0.341 e. The maximum absolute atomic E-state index is 13.5. The van der Waals surface area contributed by atoms with Gasteiger partial charge in [0.05, 0.1) is 17.1 Å². The minimum atomic E-state index is -0.938. The molecule has 1 aromatic heterocycles. The first-order chi connectivity index (χ1) is 14.9. The van der Waals surface area contributed by atoms with Crippen molar-refractivity contribution in [1.82, 2.24) is 9.78 Å². The molecule has 6 heteroatoms. The van der Waals surface area contributed by atoms with E-state index in [9.17, 15) is 4.79 Å². The van der Waals surface area contributed by atoms with E-state index in [1.165, 1.54) is 0 Å². The summed E-state index contributed by atoms with van der Waals surface area (Å²) in [6, 6.07) is 20.2. The number of hydrogen-bond donors (Lipinski definition) is 0. The molecule has 1 saturated heterocycles. The first-order valence-corrected chi connectivity index (χ1v) is 11.6. The third-order valence-corrected chi connectivity index (χ3v) is 8.02. The van der Waals surface area contributed by atoms with Crippen molar-refractivity contribution in [2.45, 2.75) is 42.9 Å². The van der Waals surface area contributed by atoms with E-state index in [0.29, 0.717) is 0 Å². The first-order valence-electron chi connectivity index (χ1n) is 10.6. The molecule has 0 bridgehead atoms. The fourth-order valence-corrected chi connectivity index (χ4v) is 6.87. The lowest BCUT2D eigenvalue weighted by molar-refractivity contribution is -0.176. The smallest absolute Gasteiger partial charge is 0.341 e. The number of aryl methyl sites for hydroxylation is 1. The molecule has 6 rings (SSSR count). The number of cyclic esters (lactones) is 1. The lowest BCUT2D eigenvalue weighted by Crippen LogP contribution is -2.58. The van der Waals surface area contributed by atoms with Gasteiger partial charge in [-0.3, -0.25) is 4.99 Å². The van der Waals surface area contributed by atoms with Crippen molar-refractivity contribution in [3.63, 3.8) is 0 Å². The molecular formula is C25H23N3O2S. The number of para-hydroxylation sites is 1. The van der Waals surface area contributed by atoms with E-state index < -0.39 is 11.1 Å². The monoisotopic (exact) mass is 429 g/mol. The van der Waals surface area contributed by atoms with Gasteiger partial charge in [-0.05, 0) is 38.5 Å². The van der Waals surface area contributed by atoms with Gasteiger partial charge in [-0.25, -0.2) is 9.48 Å². The zero-order chi connectivity index (χ0) is 21.4. The van der Waals surface area contributed by atoms with Crippen LogP contribution in [-0.4, -0.2) is 38.4 Å². The van der Waals surface area contributed by atoms with Crippen molar-refractivity contribution in [3.8, 4) is 5.69 Å². The number of fused-ring (bicyclic) bond motifs is 4. The van der Waals surface area contributed by atoms with Crippen LogP contribution in [0.25, 0.3) is 5.69 Å². The Hall–Kier alpha value is -2.86. The van der Waals surface area contributed by atoms with Crippen molar-refractivity contribution in [2.24, 2.45) is 10.9 Å². The second-order valence-corrected chi connectivity index (χ2v) is 10.0. The summed E-state index contributed by atoms with van der Waals surface area (Å²) in [6.45, 7) is 6.11. The standard InChI is InChI=1S/C25H23N3O2S/c1-15-19-20-18(14-31-22(19)28(27-15)17-12-8-5-9-13-17)24(2,3)30-23(29)25(20)21(26-25)16-10-6-4-7-11-16/h4-13,18,20H,14H2,1-3H3/t18-,20-,25+/m1/s1. The van der Waals surface area contributed by atoms with Crippen molar-refractivity contribution in [2.75, 3.05) is 5.75 Å². The van der Waals surface area contributed by atoms with Gasteiger partial charge in [-0.1, -0.05) is 48.5 Å². The zero-order valence-corrected chi connectivity index (χ0v) is 18.5. The van der Waals surface area contributed by atoms with Gasteiger partial charge in [0.2, 0.25) is 5.54 Å². The number of carbonyl (C=O) groups excluding carboxylic acids is 1. The van der Waals surface area contributed by atoms with E-state index in [2.05, 4.69) is 12.1 Å². The van der Waals surface area contributed by atoms with Gasteiger partial charge < -0.3 is 4.74 Å². The van der Waals surface area contributed by atoms with Crippen molar-refractivity contribution >= 4 is 23.4 Å². The van der Waals surface area contributed by atoms with Crippen LogP contribution in [-0.2, 0) is 9.53 Å². The number of benzene rings is 2. The normalized spacial score (nSPS) is 27.8. The Balaban J connectivity index is 1.53. The summed E-state index contributed by atoms with van der Waals surface area (Å²) < 4.78 is 8.05. The Morgan fingerprint density at radius 2 is 1.74 bits per heavy atom. The maximum atomic E-state index is 13.5. The van der Waals surface area contributed by atoms with Crippen LogP contribution < -0.4 is 0 Å². The Bertz CT molecular complexity index is 1230. The second kappa shape index (κ2) is 6.33. The van der Waals surface area contributed by atoms with Gasteiger partial charge in [0.25, 0.3) is 0 Å². The molecule has 4 heterocycles. The highest BCUT2D eigenvalue weighted by Gasteiger charge is 2.70. The van der Waals surface area contributed by atoms with Crippen LogP contribution in [0, 0.1) is 12.8 Å². The predicted octanol–water partition coefficient (Wildman–Crippen LogP) is 4.56. The fraction of sp³-hybridized carbons (Fsp3) is 0.320. The summed E-state index contributed by atoms with van der Waals surface area (Å²) >= 11 is 1.80. The molecule has 31 heavy (non-hydrogen) atoms. The van der Waals surface area contributed by atoms with Crippen molar-refractivity contribution in [3.05, 3.63) is 77.5 Å². The Morgan fingerprint density at radius 3 is 2.45 bits per heavy atom. The SMILES string of the molecule is Cc1nn(-c2ccccc2)c2c1[C@H]1[C@@H](CS2)C(C)(C)OC(=O)[C@]12N=C2c1ccccc1. The summed E-state index contributed by atoms with van der Waals surface area (Å²) in [6.07, 6.45) is 0. The Kier molecular flexibility index (Phi) is 3.85. The van der Waals surface area contributed by atoms with Gasteiger partial charge in [0.15, 0.2) is 0 Å². The van der Waals surface area contributed by atoms with Crippen LogP contribution in [0.5, 0.6) is 0 Å². The van der Waals surface area contributed by atoms with E-state index in [4.69, 9.17) is 14.8 Å². The van der Waals surface area contributed by atoms with E-state index in [1.807, 2.05) is 74.0 Å². The number of thioether (sulfide) groups is 1. The molecule has 0 N–H and O–H groups in total. The lowest BCUT2D eigenvalue weighted by atomic mass is 9.66. The third kappa shape index (κ3) is 2.54. The molecule has 1 fully saturated rings.